The fourth-order valence-electron chi connectivity index (χ4n) is 3.97. The fraction of sp³-hybridized carbons (Fsp3) is 0.600. The van der Waals surface area contributed by atoms with Crippen molar-refractivity contribution in [1.82, 2.24) is 9.80 Å². The Morgan fingerprint density at radius 3 is 2.39 bits per heavy atom. The minimum absolute atomic E-state index is 0.0330. The van der Waals surface area contributed by atoms with Gasteiger partial charge in [0.1, 0.15) is 5.82 Å². The van der Waals surface area contributed by atoms with E-state index in [-0.39, 0.29) is 39.0 Å². The van der Waals surface area contributed by atoms with Crippen LogP contribution in [-0.2, 0) is 0 Å². The van der Waals surface area contributed by atoms with E-state index in [1.54, 1.807) is 4.90 Å². The lowest BCUT2D eigenvalue weighted by molar-refractivity contribution is 0.0433. The second-order valence-corrected chi connectivity index (χ2v) is 9.55. The van der Waals surface area contributed by atoms with Gasteiger partial charge >= 0.3 is 6.09 Å². The van der Waals surface area contributed by atoms with Gasteiger partial charge in [-0.2, -0.15) is 0 Å². The molecule has 1 aliphatic heterocycles. The van der Waals surface area contributed by atoms with E-state index < -0.39 is 17.8 Å². The zero-order chi connectivity index (χ0) is 21.4. The third kappa shape index (κ3) is 4.71. The zero-order valence-electron chi connectivity index (χ0n) is 16.8. The highest BCUT2D eigenvalue weighted by atomic mass is 35.5. The highest BCUT2D eigenvalue weighted by Gasteiger charge is 2.47. The summed E-state index contributed by atoms with van der Waals surface area (Å²) in [6.45, 7) is 10.6. The summed E-state index contributed by atoms with van der Waals surface area (Å²) >= 11 is 11.9. The molecule has 1 heterocycles. The Labute approximate surface area is 175 Å². The highest BCUT2D eigenvalue weighted by molar-refractivity contribution is 6.36. The third-order valence-corrected chi connectivity index (χ3v) is 5.56. The number of benzene rings is 1. The van der Waals surface area contributed by atoms with Crippen molar-refractivity contribution in [3.8, 4) is 0 Å². The van der Waals surface area contributed by atoms with E-state index in [1.165, 1.54) is 11.0 Å². The molecule has 2 atom stereocenters. The van der Waals surface area contributed by atoms with Gasteiger partial charge in [-0.05, 0) is 29.9 Å². The smallest absolute Gasteiger partial charge is 0.407 e. The Hall–Kier alpha value is -1.53. The van der Waals surface area contributed by atoms with Gasteiger partial charge in [0.05, 0.1) is 27.7 Å². The standard InChI is InChI=1S/C20H27Cl2FN2O3/c1-11(2)10-25(18(26)12-8-15(23)14(22)9-13(12)21)16-6-7-24(19(27)28)17(16)20(3,4)5/h8-9,11,16-17H,6-7,10H2,1-5H3,(H,27,28)/t16-,17?/m0/s1. The maximum atomic E-state index is 14.0. The van der Waals surface area contributed by atoms with Crippen molar-refractivity contribution in [2.45, 2.75) is 53.1 Å². The maximum absolute atomic E-state index is 14.0. The van der Waals surface area contributed by atoms with Crippen LogP contribution in [0.5, 0.6) is 0 Å². The predicted molar refractivity (Wildman–Crippen MR) is 109 cm³/mol. The normalized spacial score (nSPS) is 20.0. The summed E-state index contributed by atoms with van der Waals surface area (Å²) in [5, 5.41) is 9.56. The number of nitrogens with zero attached hydrogens (tertiary/aromatic N) is 2. The second-order valence-electron chi connectivity index (χ2n) is 8.74. The monoisotopic (exact) mass is 432 g/mol. The SMILES string of the molecule is CC(C)CN(C(=O)c1cc(F)c(Cl)cc1Cl)[C@H]1CCN(C(=O)O)C1C(C)(C)C. The molecule has 1 aromatic carbocycles. The van der Waals surface area contributed by atoms with E-state index in [1.807, 2.05) is 34.6 Å². The lowest BCUT2D eigenvalue weighted by Crippen LogP contribution is -2.55. The summed E-state index contributed by atoms with van der Waals surface area (Å²) in [5.74, 6) is -0.995. The van der Waals surface area contributed by atoms with Crippen LogP contribution in [0.1, 0.15) is 51.4 Å². The van der Waals surface area contributed by atoms with E-state index in [9.17, 15) is 19.1 Å². The first-order valence-electron chi connectivity index (χ1n) is 9.29. The molecule has 28 heavy (non-hydrogen) atoms. The van der Waals surface area contributed by atoms with Crippen molar-refractivity contribution in [3.63, 3.8) is 0 Å². The summed E-state index contributed by atoms with van der Waals surface area (Å²) < 4.78 is 14.0. The van der Waals surface area contributed by atoms with Gasteiger partial charge in [0.25, 0.3) is 5.91 Å². The molecule has 8 heteroatoms. The Bertz CT molecular complexity index is 765. The van der Waals surface area contributed by atoms with Crippen molar-refractivity contribution in [2.24, 2.45) is 11.3 Å². The largest absolute Gasteiger partial charge is 0.465 e. The molecule has 5 nitrogen and oxygen atoms in total. The van der Waals surface area contributed by atoms with Crippen LogP contribution < -0.4 is 0 Å². The van der Waals surface area contributed by atoms with Crippen LogP contribution in [-0.4, -0.2) is 52.1 Å². The van der Waals surface area contributed by atoms with Crippen LogP contribution >= 0.6 is 23.2 Å². The van der Waals surface area contributed by atoms with Gasteiger partial charge in [-0.25, -0.2) is 9.18 Å². The summed E-state index contributed by atoms with van der Waals surface area (Å²) in [7, 11) is 0. The lowest BCUT2D eigenvalue weighted by Gasteiger charge is -2.42. The summed E-state index contributed by atoms with van der Waals surface area (Å²) in [5.41, 5.74) is -0.352. The van der Waals surface area contributed by atoms with Crippen molar-refractivity contribution in [2.75, 3.05) is 13.1 Å². The van der Waals surface area contributed by atoms with Gasteiger partial charge in [0, 0.05) is 13.1 Å². The Morgan fingerprint density at radius 2 is 1.89 bits per heavy atom. The minimum atomic E-state index is -1.00. The highest BCUT2D eigenvalue weighted by Crippen LogP contribution is 2.37. The predicted octanol–water partition coefficient (Wildman–Crippen LogP) is 5.40. The second kappa shape index (κ2) is 8.46. The molecule has 1 aliphatic rings. The average molecular weight is 433 g/mol. The molecule has 1 saturated heterocycles. The first-order chi connectivity index (χ1) is 12.8. The van der Waals surface area contributed by atoms with Crippen LogP contribution in [0, 0.1) is 17.2 Å². The van der Waals surface area contributed by atoms with Crippen molar-refractivity contribution in [1.29, 1.82) is 0 Å². The van der Waals surface area contributed by atoms with Crippen molar-refractivity contribution >= 4 is 35.2 Å². The molecule has 1 aromatic rings. The third-order valence-electron chi connectivity index (χ3n) is 4.96. The molecular formula is C20H27Cl2FN2O3. The Kier molecular flexibility index (Phi) is 6.87. The van der Waals surface area contributed by atoms with Gasteiger partial charge in [-0.3, -0.25) is 4.79 Å². The molecular weight excluding hydrogens is 406 g/mol. The van der Waals surface area contributed by atoms with Crippen LogP contribution in [0.2, 0.25) is 10.0 Å². The van der Waals surface area contributed by atoms with Gasteiger partial charge in [-0.1, -0.05) is 57.8 Å². The van der Waals surface area contributed by atoms with E-state index >= 15 is 0 Å². The first-order valence-corrected chi connectivity index (χ1v) is 10.0. The number of hydrogen-bond acceptors (Lipinski definition) is 2. The quantitative estimate of drug-likeness (QED) is 0.647. The van der Waals surface area contributed by atoms with Crippen LogP contribution in [0.4, 0.5) is 9.18 Å². The molecule has 156 valence electrons. The van der Waals surface area contributed by atoms with E-state index in [4.69, 9.17) is 23.2 Å². The molecule has 2 rings (SSSR count). The number of amides is 2. The lowest BCUT2D eigenvalue weighted by atomic mass is 9.81. The van der Waals surface area contributed by atoms with Crippen LogP contribution in [0.25, 0.3) is 0 Å². The molecule has 0 saturated carbocycles. The van der Waals surface area contributed by atoms with Gasteiger partial charge < -0.3 is 14.9 Å². The van der Waals surface area contributed by atoms with E-state index in [0.29, 0.717) is 19.5 Å². The number of halogens is 3. The molecule has 0 aliphatic carbocycles. The summed E-state index contributed by atoms with van der Waals surface area (Å²) in [6.07, 6.45) is -0.490. The number of rotatable bonds is 4. The molecule has 1 fully saturated rings. The van der Waals surface area contributed by atoms with Gasteiger partial charge in [0.15, 0.2) is 0 Å². The number of carbonyl (C=O) groups is 2. The first kappa shape index (κ1) is 22.8. The molecule has 0 radical (unpaired) electrons. The van der Waals surface area contributed by atoms with E-state index in [0.717, 1.165) is 6.07 Å². The van der Waals surface area contributed by atoms with Crippen molar-refractivity contribution in [3.05, 3.63) is 33.6 Å². The summed E-state index contributed by atoms with van der Waals surface area (Å²) in [6, 6.07) is 1.55. The number of carboxylic acid groups (broad SMARTS) is 1. The number of hydrogen-bond donors (Lipinski definition) is 1. The number of likely N-dealkylation sites (tertiary alicyclic amines) is 1. The maximum Gasteiger partial charge on any atom is 0.407 e. The molecule has 0 aromatic heterocycles. The molecule has 0 spiro atoms. The average Bonchev–Trinajstić information content (AvgIpc) is 3.00. The topological polar surface area (TPSA) is 60.9 Å². The minimum Gasteiger partial charge on any atom is -0.465 e. The molecule has 0 bridgehead atoms. The van der Waals surface area contributed by atoms with Crippen LogP contribution in [0.15, 0.2) is 12.1 Å². The van der Waals surface area contributed by atoms with Crippen molar-refractivity contribution < 1.29 is 19.1 Å². The Morgan fingerprint density at radius 1 is 1.29 bits per heavy atom. The fourth-order valence-corrected chi connectivity index (χ4v) is 4.43. The van der Waals surface area contributed by atoms with Gasteiger partial charge in [-0.15, -0.1) is 0 Å². The zero-order valence-corrected chi connectivity index (χ0v) is 18.3. The van der Waals surface area contributed by atoms with Crippen LogP contribution in [0.3, 0.4) is 0 Å². The molecule has 1 N–H and O–H groups in total. The van der Waals surface area contributed by atoms with E-state index in [2.05, 4.69) is 0 Å². The Balaban J connectivity index is 2.50. The molecule has 2 amide bonds. The van der Waals surface area contributed by atoms with Gasteiger partial charge in [0.2, 0.25) is 0 Å². The molecule has 1 unspecified atom stereocenters. The summed E-state index contributed by atoms with van der Waals surface area (Å²) in [4.78, 5) is 28.2. The number of carbonyl (C=O) groups excluding carboxylic acids is 1.